The third-order valence-electron chi connectivity index (χ3n) is 5.46. The second-order valence-corrected chi connectivity index (χ2v) is 7.80. The van der Waals surface area contributed by atoms with E-state index in [2.05, 4.69) is 0 Å². The molecule has 0 saturated carbocycles. The molecule has 4 rings (SSSR count). The molecule has 1 aliphatic rings. The maximum Gasteiger partial charge on any atom is 0.186 e. The normalized spacial score (nSPS) is 22.8. The second-order valence-electron chi connectivity index (χ2n) is 7.80. The lowest BCUT2D eigenvalue weighted by atomic mass is 10.1. The Morgan fingerprint density at radius 2 is 1.09 bits per heavy atom. The lowest BCUT2D eigenvalue weighted by Gasteiger charge is -2.24. The molecular formula is C27H30O5. The summed E-state index contributed by atoms with van der Waals surface area (Å²) in [5.41, 5.74) is 3.31. The predicted octanol–water partition coefficient (Wildman–Crippen LogP) is 4.75. The highest BCUT2D eigenvalue weighted by Crippen LogP contribution is 2.29. The molecule has 0 bridgehead atoms. The van der Waals surface area contributed by atoms with Crippen molar-refractivity contribution in [1.29, 1.82) is 0 Å². The first-order valence-corrected chi connectivity index (χ1v) is 10.9. The van der Waals surface area contributed by atoms with Crippen molar-refractivity contribution in [3.8, 4) is 0 Å². The van der Waals surface area contributed by atoms with E-state index in [1.54, 1.807) is 7.11 Å². The summed E-state index contributed by atoms with van der Waals surface area (Å²) in [6, 6.07) is 30.3. The van der Waals surface area contributed by atoms with E-state index >= 15 is 0 Å². The molecule has 0 aromatic heterocycles. The summed E-state index contributed by atoms with van der Waals surface area (Å²) in [6.07, 6.45) is -1.51. The summed E-state index contributed by atoms with van der Waals surface area (Å²) >= 11 is 0. The summed E-state index contributed by atoms with van der Waals surface area (Å²) in [5.74, 6) is 0. The molecule has 1 unspecified atom stereocenters. The fourth-order valence-electron chi connectivity index (χ4n) is 3.79. The summed E-state index contributed by atoms with van der Waals surface area (Å²) in [4.78, 5) is 0. The standard InChI is InChI=1S/C27H30O5/c1-28-27-26(31-19-23-15-9-4-10-16-23)25(30-18-22-13-7-3-8-14-22)24(32-27)20-29-17-21-11-5-2-6-12-21/h2-16,24-27H,17-20H2,1H3/t24-,25-,26+,27?/m0/s1. The highest BCUT2D eigenvalue weighted by Gasteiger charge is 2.46. The first-order valence-electron chi connectivity index (χ1n) is 10.9. The van der Waals surface area contributed by atoms with Gasteiger partial charge in [0.15, 0.2) is 6.29 Å². The molecule has 1 aliphatic heterocycles. The Bertz CT molecular complexity index is 903. The molecular weight excluding hydrogens is 404 g/mol. The average Bonchev–Trinajstić information content (AvgIpc) is 3.19. The molecule has 5 heteroatoms. The lowest BCUT2D eigenvalue weighted by Crippen LogP contribution is -2.39. The zero-order valence-corrected chi connectivity index (χ0v) is 18.3. The highest BCUT2D eigenvalue weighted by atomic mass is 16.7. The van der Waals surface area contributed by atoms with Crippen LogP contribution in [0.2, 0.25) is 0 Å². The van der Waals surface area contributed by atoms with Crippen molar-refractivity contribution >= 4 is 0 Å². The Labute approximate surface area is 189 Å². The van der Waals surface area contributed by atoms with Gasteiger partial charge in [-0.2, -0.15) is 0 Å². The third-order valence-corrected chi connectivity index (χ3v) is 5.46. The minimum absolute atomic E-state index is 0.298. The largest absolute Gasteiger partial charge is 0.374 e. The molecule has 1 saturated heterocycles. The summed E-state index contributed by atoms with van der Waals surface area (Å²) < 4.78 is 30.3. The molecule has 5 nitrogen and oxygen atoms in total. The molecule has 1 heterocycles. The smallest absolute Gasteiger partial charge is 0.186 e. The molecule has 32 heavy (non-hydrogen) atoms. The van der Waals surface area contributed by atoms with Crippen LogP contribution in [0.3, 0.4) is 0 Å². The summed E-state index contributed by atoms with van der Waals surface area (Å²) in [7, 11) is 1.63. The minimum Gasteiger partial charge on any atom is -0.374 e. The average molecular weight is 435 g/mol. The fraction of sp³-hybridized carbons (Fsp3) is 0.333. The van der Waals surface area contributed by atoms with Gasteiger partial charge in [-0.1, -0.05) is 91.0 Å². The molecule has 0 radical (unpaired) electrons. The second kappa shape index (κ2) is 11.9. The van der Waals surface area contributed by atoms with Crippen LogP contribution in [-0.2, 0) is 43.5 Å². The van der Waals surface area contributed by atoms with Crippen molar-refractivity contribution in [2.24, 2.45) is 0 Å². The Balaban J connectivity index is 1.42. The van der Waals surface area contributed by atoms with Crippen LogP contribution in [0.4, 0.5) is 0 Å². The molecule has 1 fully saturated rings. The van der Waals surface area contributed by atoms with Gasteiger partial charge in [-0.05, 0) is 16.7 Å². The van der Waals surface area contributed by atoms with E-state index in [1.165, 1.54) is 0 Å². The summed E-state index contributed by atoms with van der Waals surface area (Å²) in [6.45, 7) is 1.82. The first kappa shape index (κ1) is 22.6. The van der Waals surface area contributed by atoms with E-state index in [1.807, 2.05) is 91.0 Å². The lowest BCUT2D eigenvalue weighted by molar-refractivity contribution is -0.170. The molecule has 3 aromatic carbocycles. The van der Waals surface area contributed by atoms with Gasteiger partial charge in [0.25, 0.3) is 0 Å². The SMILES string of the molecule is COC1O[C@@H](COCc2ccccc2)[C@H](OCc2ccccc2)[C@H]1OCc1ccccc1. The van der Waals surface area contributed by atoms with Gasteiger partial charge in [-0.3, -0.25) is 0 Å². The van der Waals surface area contributed by atoms with Gasteiger partial charge < -0.3 is 23.7 Å². The van der Waals surface area contributed by atoms with Crippen LogP contribution in [-0.4, -0.2) is 38.3 Å². The first-order chi connectivity index (χ1) is 15.8. The van der Waals surface area contributed by atoms with Crippen LogP contribution in [0.1, 0.15) is 16.7 Å². The summed E-state index contributed by atoms with van der Waals surface area (Å²) in [5, 5.41) is 0. The van der Waals surface area contributed by atoms with E-state index < -0.39 is 6.29 Å². The van der Waals surface area contributed by atoms with E-state index in [9.17, 15) is 0 Å². The molecule has 4 atom stereocenters. The number of ether oxygens (including phenoxy) is 5. The van der Waals surface area contributed by atoms with E-state index in [4.69, 9.17) is 23.7 Å². The van der Waals surface area contributed by atoms with Crippen LogP contribution >= 0.6 is 0 Å². The van der Waals surface area contributed by atoms with Crippen molar-refractivity contribution in [1.82, 2.24) is 0 Å². The van der Waals surface area contributed by atoms with Gasteiger partial charge in [-0.15, -0.1) is 0 Å². The van der Waals surface area contributed by atoms with Crippen molar-refractivity contribution < 1.29 is 23.7 Å². The Hall–Kier alpha value is -2.54. The molecule has 0 N–H and O–H groups in total. The Morgan fingerprint density at radius 3 is 1.59 bits per heavy atom. The van der Waals surface area contributed by atoms with Gasteiger partial charge in [0.05, 0.1) is 26.4 Å². The molecule has 0 amide bonds. The van der Waals surface area contributed by atoms with Crippen molar-refractivity contribution in [3.05, 3.63) is 108 Å². The number of rotatable bonds is 11. The van der Waals surface area contributed by atoms with Gasteiger partial charge in [0.2, 0.25) is 0 Å². The van der Waals surface area contributed by atoms with E-state index in [-0.39, 0.29) is 18.3 Å². The Morgan fingerprint density at radius 1 is 0.625 bits per heavy atom. The van der Waals surface area contributed by atoms with Crippen molar-refractivity contribution in [2.75, 3.05) is 13.7 Å². The number of methoxy groups -OCH3 is 1. The maximum atomic E-state index is 6.33. The minimum atomic E-state index is -0.523. The predicted molar refractivity (Wildman–Crippen MR) is 122 cm³/mol. The zero-order valence-electron chi connectivity index (χ0n) is 18.3. The molecule has 168 valence electrons. The van der Waals surface area contributed by atoms with Crippen LogP contribution in [0.15, 0.2) is 91.0 Å². The Kier molecular flexibility index (Phi) is 8.42. The number of hydrogen-bond acceptors (Lipinski definition) is 5. The molecule has 0 aliphatic carbocycles. The van der Waals surface area contributed by atoms with Crippen LogP contribution in [0.5, 0.6) is 0 Å². The molecule has 0 spiro atoms. The fourth-order valence-corrected chi connectivity index (χ4v) is 3.79. The third kappa shape index (κ3) is 6.25. The van der Waals surface area contributed by atoms with Gasteiger partial charge in [-0.25, -0.2) is 0 Å². The molecule has 3 aromatic rings. The van der Waals surface area contributed by atoms with Crippen molar-refractivity contribution in [2.45, 2.75) is 44.4 Å². The zero-order chi connectivity index (χ0) is 22.0. The number of benzene rings is 3. The monoisotopic (exact) mass is 434 g/mol. The highest BCUT2D eigenvalue weighted by molar-refractivity contribution is 5.15. The van der Waals surface area contributed by atoms with Gasteiger partial charge in [0, 0.05) is 7.11 Å². The van der Waals surface area contributed by atoms with Crippen molar-refractivity contribution in [3.63, 3.8) is 0 Å². The topological polar surface area (TPSA) is 46.2 Å². The van der Waals surface area contributed by atoms with Gasteiger partial charge >= 0.3 is 0 Å². The van der Waals surface area contributed by atoms with Crippen LogP contribution in [0, 0.1) is 0 Å². The van der Waals surface area contributed by atoms with Gasteiger partial charge in [0.1, 0.15) is 18.3 Å². The maximum absolute atomic E-state index is 6.33. The van der Waals surface area contributed by atoms with E-state index in [0.29, 0.717) is 26.4 Å². The van der Waals surface area contributed by atoms with E-state index in [0.717, 1.165) is 16.7 Å². The van der Waals surface area contributed by atoms with Crippen LogP contribution < -0.4 is 0 Å². The van der Waals surface area contributed by atoms with Crippen LogP contribution in [0.25, 0.3) is 0 Å². The number of hydrogen-bond donors (Lipinski definition) is 0. The quantitative estimate of drug-likeness (QED) is 0.436.